The summed E-state index contributed by atoms with van der Waals surface area (Å²) in [5.41, 5.74) is 3.81. The predicted octanol–water partition coefficient (Wildman–Crippen LogP) is 2.88. The van der Waals surface area contributed by atoms with Gasteiger partial charge in [-0.25, -0.2) is 0 Å². The van der Waals surface area contributed by atoms with Gasteiger partial charge in [0.05, 0.1) is 0 Å². The monoisotopic (exact) mass is 161 g/mol. The summed E-state index contributed by atoms with van der Waals surface area (Å²) in [5, 5.41) is 0. The lowest BCUT2D eigenvalue weighted by atomic mass is 10.1. The van der Waals surface area contributed by atoms with Crippen molar-refractivity contribution in [2.75, 3.05) is 11.9 Å². The minimum absolute atomic E-state index is 1.22. The molecule has 0 aliphatic carbocycles. The maximum atomic E-state index is 3.73. The molecule has 1 heteroatoms. The van der Waals surface area contributed by atoms with E-state index < -0.39 is 0 Å². The van der Waals surface area contributed by atoms with Crippen LogP contribution in [0, 0.1) is 13.8 Å². The Morgan fingerprint density at radius 2 is 2.00 bits per heavy atom. The highest BCUT2D eigenvalue weighted by atomic mass is 15.1. The van der Waals surface area contributed by atoms with Crippen LogP contribution in [-0.2, 0) is 0 Å². The third-order valence-electron chi connectivity index (χ3n) is 2.01. The zero-order valence-electron chi connectivity index (χ0n) is 7.96. The molecule has 12 heavy (non-hydrogen) atoms. The topological polar surface area (TPSA) is 3.24 Å². The molecule has 0 amide bonds. The standard InChI is InChI=1S/C11H15N/c1-5-12(4)11-7-6-9(2)8-10(11)3/h5-8H,1H2,2-4H3. The smallest absolute Gasteiger partial charge is 0.0433 e. The zero-order valence-corrected chi connectivity index (χ0v) is 7.96. The highest BCUT2D eigenvalue weighted by molar-refractivity contribution is 5.55. The molecule has 0 N–H and O–H groups in total. The van der Waals surface area contributed by atoms with Gasteiger partial charge in [-0.1, -0.05) is 24.3 Å². The molecule has 0 unspecified atom stereocenters. The van der Waals surface area contributed by atoms with E-state index in [0.717, 1.165) is 0 Å². The fraction of sp³-hybridized carbons (Fsp3) is 0.273. The number of anilines is 1. The predicted molar refractivity (Wildman–Crippen MR) is 54.5 cm³/mol. The summed E-state index contributed by atoms with van der Waals surface area (Å²) < 4.78 is 0. The van der Waals surface area contributed by atoms with Crippen molar-refractivity contribution in [1.29, 1.82) is 0 Å². The Bertz CT molecular complexity index is 289. The molecule has 0 saturated carbocycles. The number of rotatable bonds is 2. The quantitative estimate of drug-likeness (QED) is 0.644. The van der Waals surface area contributed by atoms with Crippen molar-refractivity contribution in [2.24, 2.45) is 0 Å². The first-order valence-corrected chi connectivity index (χ1v) is 4.08. The normalized spacial score (nSPS) is 9.58. The van der Waals surface area contributed by atoms with Gasteiger partial charge in [-0.3, -0.25) is 0 Å². The molecular formula is C11H15N. The van der Waals surface area contributed by atoms with Crippen LogP contribution in [0.3, 0.4) is 0 Å². The van der Waals surface area contributed by atoms with Gasteiger partial charge in [-0.15, -0.1) is 0 Å². The summed E-state index contributed by atoms with van der Waals surface area (Å²) in [6.45, 7) is 7.94. The van der Waals surface area contributed by atoms with Gasteiger partial charge >= 0.3 is 0 Å². The molecule has 0 spiro atoms. The Morgan fingerprint density at radius 3 is 2.50 bits per heavy atom. The van der Waals surface area contributed by atoms with Crippen molar-refractivity contribution >= 4 is 5.69 Å². The molecule has 0 aliphatic rings. The van der Waals surface area contributed by atoms with Gasteiger partial charge < -0.3 is 4.90 Å². The summed E-state index contributed by atoms with van der Waals surface area (Å²) in [6, 6.07) is 6.41. The van der Waals surface area contributed by atoms with E-state index in [2.05, 4.69) is 38.6 Å². The van der Waals surface area contributed by atoms with Crippen molar-refractivity contribution in [1.82, 2.24) is 0 Å². The van der Waals surface area contributed by atoms with E-state index in [1.54, 1.807) is 0 Å². The average molecular weight is 161 g/mol. The number of aryl methyl sites for hydroxylation is 2. The van der Waals surface area contributed by atoms with Crippen molar-refractivity contribution in [2.45, 2.75) is 13.8 Å². The maximum absolute atomic E-state index is 3.73. The van der Waals surface area contributed by atoms with Crippen LogP contribution in [0.4, 0.5) is 5.69 Å². The molecule has 0 atom stereocenters. The number of nitrogens with zero attached hydrogens (tertiary/aromatic N) is 1. The first kappa shape index (κ1) is 8.85. The molecule has 0 aliphatic heterocycles. The van der Waals surface area contributed by atoms with Crippen molar-refractivity contribution in [3.63, 3.8) is 0 Å². The number of benzene rings is 1. The fourth-order valence-electron chi connectivity index (χ4n) is 1.30. The first-order valence-electron chi connectivity index (χ1n) is 4.08. The highest BCUT2D eigenvalue weighted by Gasteiger charge is 1.99. The minimum atomic E-state index is 1.22. The summed E-state index contributed by atoms with van der Waals surface area (Å²) in [4.78, 5) is 2.02. The van der Waals surface area contributed by atoms with E-state index >= 15 is 0 Å². The van der Waals surface area contributed by atoms with Crippen LogP contribution in [0.25, 0.3) is 0 Å². The van der Waals surface area contributed by atoms with Crippen LogP contribution in [0.2, 0.25) is 0 Å². The number of hydrogen-bond acceptors (Lipinski definition) is 1. The third-order valence-corrected chi connectivity index (χ3v) is 2.01. The van der Waals surface area contributed by atoms with Crippen molar-refractivity contribution < 1.29 is 0 Å². The molecule has 0 radical (unpaired) electrons. The Balaban J connectivity index is 3.09. The summed E-state index contributed by atoms with van der Waals surface area (Å²) >= 11 is 0. The molecular weight excluding hydrogens is 146 g/mol. The number of hydrogen-bond donors (Lipinski definition) is 0. The van der Waals surface area contributed by atoms with E-state index in [1.807, 2.05) is 18.1 Å². The van der Waals surface area contributed by atoms with Gasteiger partial charge in [0.15, 0.2) is 0 Å². The van der Waals surface area contributed by atoms with E-state index in [0.29, 0.717) is 0 Å². The molecule has 0 fully saturated rings. The van der Waals surface area contributed by atoms with Crippen molar-refractivity contribution in [3.05, 3.63) is 42.1 Å². The van der Waals surface area contributed by atoms with Crippen LogP contribution < -0.4 is 4.90 Å². The van der Waals surface area contributed by atoms with Crippen molar-refractivity contribution in [3.8, 4) is 0 Å². The maximum Gasteiger partial charge on any atom is 0.0433 e. The van der Waals surface area contributed by atoms with Gasteiger partial charge in [-0.2, -0.15) is 0 Å². The van der Waals surface area contributed by atoms with E-state index in [4.69, 9.17) is 0 Å². The molecule has 0 saturated heterocycles. The molecule has 0 bridgehead atoms. The average Bonchev–Trinajstić information content (AvgIpc) is 2.03. The van der Waals surface area contributed by atoms with Gasteiger partial charge in [0.2, 0.25) is 0 Å². The van der Waals surface area contributed by atoms with Crippen LogP contribution in [0.15, 0.2) is 31.0 Å². The van der Waals surface area contributed by atoms with Crippen LogP contribution in [0.1, 0.15) is 11.1 Å². The lowest BCUT2D eigenvalue weighted by Gasteiger charge is -2.16. The molecule has 1 nitrogen and oxygen atoms in total. The second-order valence-corrected chi connectivity index (χ2v) is 3.08. The molecule has 1 rings (SSSR count). The van der Waals surface area contributed by atoms with Crippen LogP contribution in [0.5, 0.6) is 0 Å². The lowest BCUT2D eigenvalue weighted by Crippen LogP contribution is -2.08. The summed E-state index contributed by atoms with van der Waals surface area (Å²) in [5.74, 6) is 0. The molecule has 1 aromatic carbocycles. The first-order chi connectivity index (χ1) is 5.65. The zero-order chi connectivity index (χ0) is 9.14. The Morgan fingerprint density at radius 1 is 1.33 bits per heavy atom. The highest BCUT2D eigenvalue weighted by Crippen LogP contribution is 2.19. The Kier molecular flexibility index (Phi) is 2.54. The van der Waals surface area contributed by atoms with E-state index in [9.17, 15) is 0 Å². The van der Waals surface area contributed by atoms with E-state index in [-0.39, 0.29) is 0 Å². The SMILES string of the molecule is C=CN(C)c1ccc(C)cc1C. The minimum Gasteiger partial charge on any atom is -0.351 e. The summed E-state index contributed by atoms with van der Waals surface area (Å²) in [7, 11) is 2.00. The van der Waals surface area contributed by atoms with Gasteiger partial charge in [0.25, 0.3) is 0 Å². The van der Waals surface area contributed by atoms with Gasteiger partial charge in [0.1, 0.15) is 0 Å². The summed E-state index contributed by atoms with van der Waals surface area (Å²) in [6.07, 6.45) is 1.82. The molecule has 0 aromatic heterocycles. The van der Waals surface area contributed by atoms with Crippen LogP contribution >= 0.6 is 0 Å². The second-order valence-electron chi connectivity index (χ2n) is 3.08. The van der Waals surface area contributed by atoms with Gasteiger partial charge in [-0.05, 0) is 31.7 Å². The van der Waals surface area contributed by atoms with E-state index in [1.165, 1.54) is 16.8 Å². The lowest BCUT2D eigenvalue weighted by molar-refractivity contribution is 1.18. The third kappa shape index (κ3) is 1.67. The molecule has 0 heterocycles. The Hall–Kier alpha value is -1.24. The fourth-order valence-corrected chi connectivity index (χ4v) is 1.30. The Labute approximate surface area is 74.3 Å². The second kappa shape index (κ2) is 3.44. The van der Waals surface area contributed by atoms with Crippen LogP contribution in [-0.4, -0.2) is 7.05 Å². The molecule has 1 aromatic rings. The van der Waals surface area contributed by atoms with Gasteiger partial charge in [0, 0.05) is 12.7 Å². The molecule has 64 valence electrons. The largest absolute Gasteiger partial charge is 0.351 e.